The lowest BCUT2D eigenvalue weighted by Gasteiger charge is -2.36. The van der Waals surface area contributed by atoms with Crippen LogP contribution < -0.4 is 0 Å². The SMILES string of the molecule is COC(=O)[C@@H](C)[C@@H](OC(C)=O)[C@@H](CC(C)C1CCC1)OC(C)=O. The molecule has 6 heteroatoms. The van der Waals surface area contributed by atoms with Gasteiger partial charge in [-0.25, -0.2) is 0 Å². The summed E-state index contributed by atoms with van der Waals surface area (Å²) in [5.74, 6) is -1.24. The highest BCUT2D eigenvalue weighted by molar-refractivity contribution is 5.74. The predicted octanol–water partition coefficient (Wildman–Crippen LogP) is 2.49. The molecular formula is C17H28O6. The van der Waals surface area contributed by atoms with Gasteiger partial charge in [-0.2, -0.15) is 0 Å². The summed E-state index contributed by atoms with van der Waals surface area (Å²) in [5.41, 5.74) is 0. The zero-order chi connectivity index (χ0) is 17.6. The lowest BCUT2D eigenvalue weighted by atomic mass is 9.74. The standard InChI is InChI=1S/C17H28O6/c1-10(14-7-6-8-14)9-15(22-12(3)18)16(23-13(4)19)11(2)17(20)21-5/h10-11,14-16H,6-9H2,1-5H3/t10?,11-,15+,16+/m0/s1. The van der Waals surface area contributed by atoms with Crippen LogP contribution in [0.1, 0.15) is 53.4 Å². The van der Waals surface area contributed by atoms with E-state index in [1.54, 1.807) is 6.92 Å². The molecule has 6 nitrogen and oxygen atoms in total. The Morgan fingerprint density at radius 1 is 1.04 bits per heavy atom. The molecule has 0 spiro atoms. The molecule has 4 atom stereocenters. The van der Waals surface area contributed by atoms with E-state index in [-0.39, 0.29) is 0 Å². The fourth-order valence-corrected chi connectivity index (χ4v) is 3.04. The van der Waals surface area contributed by atoms with Gasteiger partial charge in [0.1, 0.15) is 6.10 Å². The van der Waals surface area contributed by atoms with E-state index in [1.807, 2.05) is 0 Å². The summed E-state index contributed by atoms with van der Waals surface area (Å²) in [6.07, 6.45) is 2.62. The molecule has 0 aromatic rings. The van der Waals surface area contributed by atoms with Crippen molar-refractivity contribution in [3.05, 3.63) is 0 Å². The van der Waals surface area contributed by atoms with Crippen molar-refractivity contribution in [3.8, 4) is 0 Å². The van der Waals surface area contributed by atoms with Gasteiger partial charge in [0.25, 0.3) is 0 Å². The summed E-state index contributed by atoms with van der Waals surface area (Å²) in [6, 6.07) is 0. The Labute approximate surface area is 137 Å². The highest BCUT2D eigenvalue weighted by Gasteiger charge is 2.39. The summed E-state index contributed by atoms with van der Waals surface area (Å²) in [4.78, 5) is 34.8. The van der Waals surface area contributed by atoms with Crippen LogP contribution in [0.25, 0.3) is 0 Å². The molecule has 1 saturated carbocycles. The van der Waals surface area contributed by atoms with E-state index in [0.29, 0.717) is 18.3 Å². The Balaban J connectivity index is 2.91. The van der Waals surface area contributed by atoms with Crippen molar-refractivity contribution in [1.82, 2.24) is 0 Å². The molecule has 1 fully saturated rings. The summed E-state index contributed by atoms with van der Waals surface area (Å²) in [5, 5.41) is 0. The molecule has 1 unspecified atom stereocenters. The minimum Gasteiger partial charge on any atom is -0.469 e. The summed E-state index contributed by atoms with van der Waals surface area (Å²) < 4.78 is 15.5. The van der Waals surface area contributed by atoms with E-state index in [2.05, 4.69) is 6.92 Å². The Morgan fingerprint density at radius 3 is 2.00 bits per heavy atom. The average Bonchev–Trinajstić information content (AvgIpc) is 2.39. The number of methoxy groups -OCH3 is 1. The van der Waals surface area contributed by atoms with Crippen LogP contribution >= 0.6 is 0 Å². The molecule has 1 aliphatic carbocycles. The van der Waals surface area contributed by atoms with E-state index in [1.165, 1.54) is 40.2 Å². The van der Waals surface area contributed by atoms with Gasteiger partial charge in [-0.3, -0.25) is 14.4 Å². The fraction of sp³-hybridized carbons (Fsp3) is 0.824. The first kappa shape index (κ1) is 19.5. The van der Waals surface area contributed by atoms with E-state index in [4.69, 9.17) is 14.2 Å². The van der Waals surface area contributed by atoms with Gasteiger partial charge < -0.3 is 14.2 Å². The molecule has 0 aromatic carbocycles. The second kappa shape index (κ2) is 8.89. The first-order chi connectivity index (χ1) is 10.8. The minimum atomic E-state index is -0.841. The topological polar surface area (TPSA) is 78.9 Å². The Bertz CT molecular complexity index is 429. The van der Waals surface area contributed by atoms with Crippen molar-refractivity contribution in [1.29, 1.82) is 0 Å². The third kappa shape index (κ3) is 5.84. The number of hydrogen-bond acceptors (Lipinski definition) is 6. The van der Waals surface area contributed by atoms with Crippen LogP contribution in [0.2, 0.25) is 0 Å². The van der Waals surface area contributed by atoms with Crippen LogP contribution in [0.3, 0.4) is 0 Å². The van der Waals surface area contributed by atoms with Crippen molar-refractivity contribution in [2.45, 2.75) is 65.6 Å². The number of esters is 3. The Kier molecular flexibility index (Phi) is 7.52. The van der Waals surface area contributed by atoms with Gasteiger partial charge in [0.15, 0.2) is 6.10 Å². The van der Waals surface area contributed by atoms with Crippen molar-refractivity contribution in [2.75, 3.05) is 7.11 Å². The van der Waals surface area contributed by atoms with Gasteiger partial charge in [0.2, 0.25) is 0 Å². The second-order valence-corrected chi connectivity index (χ2v) is 6.44. The van der Waals surface area contributed by atoms with E-state index in [9.17, 15) is 14.4 Å². The summed E-state index contributed by atoms with van der Waals surface area (Å²) in [7, 11) is 1.28. The molecule has 0 bridgehead atoms. The van der Waals surface area contributed by atoms with Crippen LogP contribution in [0.15, 0.2) is 0 Å². The van der Waals surface area contributed by atoms with Gasteiger partial charge in [0, 0.05) is 13.8 Å². The number of ether oxygens (including phenoxy) is 3. The fourth-order valence-electron chi connectivity index (χ4n) is 3.04. The quantitative estimate of drug-likeness (QED) is 0.503. The number of hydrogen-bond donors (Lipinski definition) is 0. The van der Waals surface area contributed by atoms with Crippen molar-refractivity contribution in [3.63, 3.8) is 0 Å². The first-order valence-electron chi connectivity index (χ1n) is 8.18. The van der Waals surface area contributed by atoms with Crippen molar-refractivity contribution >= 4 is 17.9 Å². The maximum Gasteiger partial charge on any atom is 0.312 e. The molecule has 0 amide bonds. The van der Waals surface area contributed by atoms with Gasteiger partial charge in [-0.1, -0.05) is 26.2 Å². The lowest BCUT2D eigenvalue weighted by Crippen LogP contribution is -2.44. The normalized spacial score (nSPS) is 19.7. The number of rotatable bonds is 8. The van der Waals surface area contributed by atoms with Crippen LogP contribution in [0, 0.1) is 17.8 Å². The van der Waals surface area contributed by atoms with Crippen LogP contribution in [-0.2, 0) is 28.6 Å². The van der Waals surface area contributed by atoms with Crippen LogP contribution in [0.5, 0.6) is 0 Å². The maximum absolute atomic E-state index is 11.9. The average molecular weight is 328 g/mol. The molecule has 0 heterocycles. The van der Waals surface area contributed by atoms with Gasteiger partial charge in [0.05, 0.1) is 13.0 Å². The van der Waals surface area contributed by atoms with E-state index >= 15 is 0 Å². The lowest BCUT2D eigenvalue weighted by molar-refractivity contribution is -0.177. The third-order valence-electron chi connectivity index (χ3n) is 4.61. The van der Waals surface area contributed by atoms with Crippen molar-refractivity contribution < 1.29 is 28.6 Å². The number of carbonyl (C=O) groups is 3. The van der Waals surface area contributed by atoms with Crippen LogP contribution in [0.4, 0.5) is 0 Å². The molecular weight excluding hydrogens is 300 g/mol. The van der Waals surface area contributed by atoms with Gasteiger partial charge in [-0.15, -0.1) is 0 Å². The molecule has 0 N–H and O–H groups in total. The van der Waals surface area contributed by atoms with Gasteiger partial charge >= 0.3 is 17.9 Å². The Hall–Kier alpha value is -1.59. The first-order valence-corrected chi connectivity index (χ1v) is 8.18. The minimum absolute atomic E-state index is 0.330. The molecule has 1 rings (SSSR count). The molecule has 1 aliphatic rings. The third-order valence-corrected chi connectivity index (χ3v) is 4.61. The summed E-state index contributed by atoms with van der Waals surface area (Å²) in [6.45, 7) is 6.31. The zero-order valence-electron chi connectivity index (χ0n) is 14.7. The number of carbonyl (C=O) groups excluding carboxylic acids is 3. The van der Waals surface area contributed by atoms with E-state index < -0.39 is 36.0 Å². The molecule has 0 aliphatic heterocycles. The summed E-state index contributed by atoms with van der Waals surface area (Å²) >= 11 is 0. The second-order valence-electron chi connectivity index (χ2n) is 6.44. The molecule has 23 heavy (non-hydrogen) atoms. The van der Waals surface area contributed by atoms with Crippen LogP contribution in [-0.4, -0.2) is 37.2 Å². The monoisotopic (exact) mass is 328 g/mol. The largest absolute Gasteiger partial charge is 0.469 e. The highest BCUT2D eigenvalue weighted by Crippen LogP contribution is 2.37. The predicted molar refractivity (Wildman–Crippen MR) is 83.4 cm³/mol. The zero-order valence-corrected chi connectivity index (χ0v) is 14.7. The van der Waals surface area contributed by atoms with Crippen molar-refractivity contribution in [2.24, 2.45) is 17.8 Å². The van der Waals surface area contributed by atoms with E-state index in [0.717, 1.165) is 0 Å². The molecule has 132 valence electrons. The molecule has 0 saturated heterocycles. The molecule has 0 aromatic heterocycles. The Morgan fingerprint density at radius 2 is 1.61 bits per heavy atom. The highest BCUT2D eigenvalue weighted by atomic mass is 16.6. The maximum atomic E-state index is 11.9. The smallest absolute Gasteiger partial charge is 0.312 e. The van der Waals surface area contributed by atoms with Gasteiger partial charge in [-0.05, 0) is 25.2 Å². The molecule has 0 radical (unpaired) electrons.